The zero-order valence-electron chi connectivity index (χ0n) is 27.0. The van der Waals surface area contributed by atoms with Gasteiger partial charge in [-0.1, -0.05) is 13.0 Å². The number of aldehydes is 2. The van der Waals surface area contributed by atoms with Crippen molar-refractivity contribution in [3.05, 3.63) is 74.9 Å². The summed E-state index contributed by atoms with van der Waals surface area (Å²) >= 11 is 0. The van der Waals surface area contributed by atoms with Gasteiger partial charge in [0, 0.05) is 48.7 Å². The number of benzene rings is 1. The highest BCUT2D eigenvalue weighted by Gasteiger charge is 2.27. The third kappa shape index (κ3) is 9.06. The van der Waals surface area contributed by atoms with E-state index in [-0.39, 0.29) is 5.56 Å². The Hall–Kier alpha value is -3.93. The first-order chi connectivity index (χ1) is 21.7. The van der Waals surface area contributed by atoms with Gasteiger partial charge in [-0.3, -0.25) is 14.4 Å². The number of nitrogens with zero attached hydrogens (tertiary/aromatic N) is 2. The first-order valence-electron chi connectivity index (χ1n) is 15.9. The van der Waals surface area contributed by atoms with Crippen LogP contribution in [0.1, 0.15) is 72.0 Å². The molecule has 0 amide bonds. The number of pyridine rings is 1. The van der Waals surface area contributed by atoms with Gasteiger partial charge in [0.1, 0.15) is 11.9 Å². The predicted octanol–water partition coefficient (Wildman–Crippen LogP) is 4.20. The van der Waals surface area contributed by atoms with Gasteiger partial charge in [-0.15, -0.1) is 0 Å². The number of aromatic amines is 1. The van der Waals surface area contributed by atoms with Gasteiger partial charge in [0.25, 0.3) is 5.56 Å². The monoisotopic (exact) mass is 619 g/mol. The molecule has 3 aliphatic rings. The van der Waals surface area contributed by atoms with Crippen LogP contribution in [0.25, 0.3) is 0 Å². The zero-order valence-corrected chi connectivity index (χ0v) is 27.0. The predicted molar refractivity (Wildman–Crippen MR) is 181 cm³/mol. The van der Waals surface area contributed by atoms with E-state index >= 15 is 0 Å². The molecule has 1 atom stereocenters. The molecule has 1 aliphatic carbocycles. The van der Waals surface area contributed by atoms with Crippen LogP contribution in [0.15, 0.2) is 52.7 Å². The topological polar surface area (TPSA) is 145 Å². The van der Waals surface area contributed by atoms with Crippen molar-refractivity contribution in [1.82, 2.24) is 14.8 Å². The lowest BCUT2D eigenvalue weighted by atomic mass is 9.97. The SMILES string of the molecule is CC1=CC(C)CC=C1OCCCNc1cc[nH]c(=O)c1C1Nc2cc(C=O)c(C=O)cc2N1.CN(C)C1CCN(CCN)CC1. The summed E-state index contributed by atoms with van der Waals surface area (Å²) in [6, 6.07) is 5.82. The second-order valence-electron chi connectivity index (χ2n) is 12.2. The number of fused-ring (bicyclic) bond motifs is 1. The lowest BCUT2D eigenvalue weighted by molar-refractivity contribution is 0.109. The van der Waals surface area contributed by atoms with E-state index in [0.717, 1.165) is 37.7 Å². The molecule has 1 fully saturated rings. The fourth-order valence-electron chi connectivity index (χ4n) is 6.02. The number of hydrogen-bond acceptors (Lipinski definition) is 10. The van der Waals surface area contributed by atoms with Crippen LogP contribution >= 0.6 is 0 Å². The molecule has 244 valence electrons. The van der Waals surface area contributed by atoms with Gasteiger partial charge in [-0.05, 0) is 95.6 Å². The van der Waals surface area contributed by atoms with Crippen LogP contribution in [-0.4, -0.2) is 86.8 Å². The van der Waals surface area contributed by atoms with E-state index in [1.54, 1.807) is 18.3 Å². The van der Waals surface area contributed by atoms with E-state index in [4.69, 9.17) is 10.5 Å². The van der Waals surface area contributed by atoms with Gasteiger partial charge in [0.2, 0.25) is 0 Å². The average molecular weight is 620 g/mol. The molecule has 2 aromatic rings. The van der Waals surface area contributed by atoms with Crippen molar-refractivity contribution in [2.45, 2.75) is 51.7 Å². The number of nitrogens with two attached hydrogens (primary N) is 1. The summed E-state index contributed by atoms with van der Waals surface area (Å²) < 4.78 is 5.92. The Morgan fingerprint density at radius 2 is 1.78 bits per heavy atom. The first kappa shape index (κ1) is 34.0. The number of anilines is 3. The number of aromatic nitrogens is 1. The van der Waals surface area contributed by atoms with Gasteiger partial charge in [0.05, 0.1) is 23.5 Å². The largest absolute Gasteiger partial charge is 0.494 e. The van der Waals surface area contributed by atoms with Crippen molar-refractivity contribution in [2.75, 3.05) is 69.4 Å². The first-order valence-corrected chi connectivity index (χ1v) is 15.9. The van der Waals surface area contributed by atoms with E-state index in [0.29, 0.717) is 65.4 Å². The molecule has 0 bridgehead atoms. The molecule has 11 heteroatoms. The van der Waals surface area contributed by atoms with Crippen molar-refractivity contribution in [3.63, 3.8) is 0 Å². The third-order valence-corrected chi connectivity index (χ3v) is 8.59. The summed E-state index contributed by atoms with van der Waals surface area (Å²) in [5, 5.41) is 9.79. The summed E-state index contributed by atoms with van der Waals surface area (Å²) in [6.45, 7) is 9.78. The third-order valence-electron chi connectivity index (χ3n) is 8.59. The number of nitrogens with one attached hydrogen (secondary N) is 4. The highest BCUT2D eigenvalue weighted by atomic mass is 16.5. The molecule has 1 unspecified atom stereocenters. The molecular weight excluding hydrogens is 570 g/mol. The van der Waals surface area contributed by atoms with Crippen LogP contribution in [-0.2, 0) is 4.74 Å². The lowest BCUT2D eigenvalue weighted by Crippen LogP contribution is -2.43. The van der Waals surface area contributed by atoms with Crippen LogP contribution in [0.4, 0.5) is 17.1 Å². The summed E-state index contributed by atoms with van der Waals surface area (Å²) in [7, 11) is 4.34. The quantitative estimate of drug-likeness (QED) is 0.173. The van der Waals surface area contributed by atoms with Crippen LogP contribution in [0.2, 0.25) is 0 Å². The fourth-order valence-corrected chi connectivity index (χ4v) is 6.02. The minimum Gasteiger partial charge on any atom is -0.494 e. The van der Waals surface area contributed by atoms with Gasteiger partial charge < -0.3 is 41.2 Å². The molecule has 0 spiro atoms. The second-order valence-corrected chi connectivity index (χ2v) is 12.2. The van der Waals surface area contributed by atoms with Crippen molar-refractivity contribution >= 4 is 29.6 Å². The Morgan fingerprint density at radius 3 is 2.36 bits per heavy atom. The maximum Gasteiger partial charge on any atom is 0.257 e. The van der Waals surface area contributed by atoms with E-state index in [1.807, 2.05) is 6.07 Å². The molecular formula is C34H49N7O4. The molecule has 0 radical (unpaired) electrons. The lowest BCUT2D eigenvalue weighted by Gasteiger charge is -2.34. The molecule has 1 aromatic heterocycles. The normalized spacial score (nSPS) is 18.5. The smallest absolute Gasteiger partial charge is 0.257 e. The van der Waals surface area contributed by atoms with Crippen LogP contribution in [0, 0.1) is 5.92 Å². The van der Waals surface area contributed by atoms with Crippen LogP contribution in [0.5, 0.6) is 0 Å². The number of H-pyrrole nitrogens is 1. The number of likely N-dealkylation sites (tertiary alicyclic amines) is 1. The van der Waals surface area contributed by atoms with E-state index < -0.39 is 6.17 Å². The molecule has 1 aromatic carbocycles. The Labute approximate surface area is 266 Å². The summed E-state index contributed by atoms with van der Waals surface area (Å²) in [6.07, 6.45) is 11.1. The minimum absolute atomic E-state index is 0.234. The maximum absolute atomic E-state index is 12.7. The van der Waals surface area contributed by atoms with Crippen molar-refractivity contribution in [2.24, 2.45) is 11.7 Å². The Kier molecular flexibility index (Phi) is 12.4. The number of hydrogen-bond donors (Lipinski definition) is 5. The number of carbonyl (C=O) groups excluding carboxylic acids is 2. The van der Waals surface area contributed by atoms with Gasteiger partial charge >= 0.3 is 0 Å². The maximum atomic E-state index is 12.7. The number of allylic oxidation sites excluding steroid dienone is 3. The van der Waals surface area contributed by atoms with E-state index in [9.17, 15) is 14.4 Å². The molecule has 2 aliphatic heterocycles. The molecule has 6 N–H and O–H groups in total. The zero-order chi connectivity index (χ0) is 32.3. The molecule has 1 saturated heterocycles. The Morgan fingerprint density at radius 1 is 1.11 bits per heavy atom. The standard InChI is InChI=1S/C25H28N4O4.C9H21N3/c1-15-4-5-22(16(2)10-15)33-9-3-7-26-19-6-8-27-25(32)23(19)24-28-20-11-17(13-30)18(14-31)12-21(20)29-24;1-11(2)9-3-6-12(7-4-9)8-5-10/h5-6,8,10-15,24,28-29H,3-4,7,9H2,1-2H3,(H2,26,27,32);9H,3-8,10H2,1-2H3. The summed E-state index contributed by atoms with van der Waals surface area (Å²) in [5.74, 6) is 1.50. The highest BCUT2D eigenvalue weighted by Crippen LogP contribution is 2.37. The number of carbonyl (C=O) groups is 2. The van der Waals surface area contributed by atoms with Crippen LogP contribution in [0.3, 0.4) is 0 Å². The van der Waals surface area contributed by atoms with Gasteiger partial charge in [-0.25, -0.2) is 0 Å². The minimum atomic E-state index is -0.507. The number of piperidine rings is 1. The molecule has 5 rings (SSSR count). The average Bonchev–Trinajstić information content (AvgIpc) is 3.44. The van der Waals surface area contributed by atoms with Crippen molar-refractivity contribution in [1.29, 1.82) is 0 Å². The van der Waals surface area contributed by atoms with Crippen molar-refractivity contribution in [3.8, 4) is 0 Å². The Balaban J connectivity index is 0.000000323. The van der Waals surface area contributed by atoms with Gasteiger partial charge in [-0.2, -0.15) is 0 Å². The Bertz CT molecular complexity index is 1390. The summed E-state index contributed by atoms with van der Waals surface area (Å²) in [4.78, 5) is 42.7. The molecule has 11 nitrogen and oxygen atoms in total. The molecule has 3 heterocycles. The van der Waals surface area contributed by atoms with Crippen molar-refractivity contribution < 1.29 is 14.3 Å². The number of rotatable bonds is 12. The molecule has 0 saturated carbocycles. The van der Waals surface area contributed by atoms with E-state index in [1.165, 1.54) is 31.5 Å². The highest BCUT2D eigenvalue weighted by molar-refractivity contribution is 5.95. The van der Waals surface area contributed by atoms with Gasteiger partial charge in [0.15, 0.2) is 12.6 Å². The molecule has 45 heavy (non-hydrogen) atoms. The van der Waals surface area contributed by atoms with E-state index in [2.05, 4.69) is 70.8 Å². The summed E-state index contributed by atoms with van der Waals surface area (Å²) in [5.41, 5.74) is 9.56. The second kappa shape index (κ2) is 16.4. The van der Waals surface area contributed by atoms with Crippen LogP contribution < -0.4 is 27.2 Å². The number of ether oxygens (including phenoxy) is 1. The fraction of sp³-hybridized carbons (Fsp3) is 0.500.